The first-order chi connectivity index (χ1) is 7.61. The second-order valence-electron chi connectivity index (χ2n) is 4.83. The molecule has 1 unspecified atom stereocenters. The quantitative estimate of drug-likeness (QED) is 0.655. The zero-order valence-electron chi connectivity index (χ0n) is 10.1. The van der Waals surface area contributed by atoms with Gasteiger partial charge < -0.3 is 16.2 Å². The average molecular weight is 228 g/mol. The normalized spacial score (nSPS) is 27.4. The van der Waals surface area contributed by atoms with Crippen LogP contribution in [0.3, 0.4) is 0 Å². The van der Waals surface area contributed by atoms with Crippen LogP contribution < -0.4 is 11.1 Å². The highest BCUT2D eigenvalue weighted by Gasteiger charge is 2.21. The summed E-state index contributed by atoms with van der Waals surface area (Å²) in [4.78, 5) is 11.6. The number of carbonyl (C=O) groups excluding carboxylic acids is 1. The van der Waals surface area contributed by atoms with E-state index in [1.807, 2.05) is 0 Å². The molecule has 0 bridgehead atoms. The maximum absolute atomic E-state index is 11.6. The maximum atomic E-state index is 11.6. The van der Waals surface area contributed by atoms with Gasteiger partial charge in [-0.1, -0.05) is 13.3 Å². The predicted octanol–water partition coefficient (Wildman–Crippen LogP) is 0.924. The Labute approximate surface area is 97.6 Å². The molecule has 1 saturated carbocycles. The van der Waals surface area contributed by atoms with Gasteiger partial charge in [-0.25, -0.2) is 0 Å². The molecule has 1 amide bonds. The molecule has 94 valence electrons. The highest BCUT2D eigenvalue weighted by atomic mass is 16.3. The smallest absolute Gasteiger partial charge is 0.221 e. The number of aliphatic hydroxyl groups excluding tert-OH is 1. The molecule has 0 aliphatic heterocycles. The van der Waals surface area contributed by atoms with E-state index in [4.69, 9.17) is 5.73 Å². The molecule has 1 atom stereocenters. The van der Waals surface area contributed by atoms with Gasteiger partial charge in [0.1, 0.15) is 0 Å². The fraction of sp³-hybridized carbons (Fsp3) is 0.917. The molecule has 0 radical (unpaired) electrons. The molecule has 1 aliphatic rings. The molecule has 16 heavy (non-hydrogen) atoms. The molecule has 0 aromatic heterocycles. The molecule has 0 aromatic carbocycles. The summed E-state index contributed by atoms with van der Waals surface area (Å²) in [5.74, 6) is 0.0577. The summed E-state index contributed by atoms with van der Waals surface area (Å²) in [6.45, 7) is 2.07. The summed E-state index contributed by atoms with van der Waals surface area (Å²) in [7, 11) is 0. The average Bonchev–Trinajstić information content (AvgIpc) is 2.21. The Morgan fingerprint density at radius 3 is 2.62 bits per heavy atom. The number of aliphatic hydroxyl groups is 1. The van der Waals surface area contributed by atoms with Gasteiger partial charge in [-0.05, 0) is 32.1 Å². The number of amides is 1. The Balaban J connectivity index is 2.18. The summed E-state index contributed by atoms with van der Waals surface area (Å²) in [6.07, 6.45) is 5.54. The van der Waals surface area contributed by atoms with Gasteiger partial charge in [0.05, 0.1) is 6.10 Å². The minimum atomic E-state index is -0.171. The van der Waals surface area contributed by atoms with E-state index in [1.165, 1.54) is 0 Å². The fourth-order valence-electron chi connectivity index (χ4n) is 2.22. The van der Waals surface area contributed by atoms with Gasteiger partial charge in [-0.2, -0.15) is 0 Å². The first-order valence-corrected chi connectivity index (χ1v) is 6.34. The lowest BCUT2D eigenvalue weighted by Gasteiger charge is -2.26. The van der Waals surface area contributed by atoms with Gasteiger partial charge in [0.15, 0.2) is 0 Å². The molecular weight excluding hydrogens is 204 g/mol. The van der Waals surface area contributed by atoms with Crippen LogP contribution in [0.15, 0.2) is 0 Å². The number of nitrogens with one attached hydrogen (secondary N) is 1. The Hall–Kier alpha value is -0.610. The van der Waals surface area contributed by atoms with Crippen LogP contribution >= 0.6 is 0 Å². The molecular formula is C12H24N2O2. The van der Waals surface area contributed by atoms with Gasteiger partial charge in [0.25, 0.3) is 0 Å². The maximum Gasteiger partial charge on any atom is 0.221 e. The van der Waals surface area contributed by atoms with Crippen molar-refractivity contribution in [2.24, 2.45) is 5.73 Å². The molecule has 4 nitrogen and oxygen atoms in total. The van der Waals surface area contributed by atoms with Crippen LogP contribution in [0.4, 0.5) is 0 Å². The van der Waals surface area contributed by atoms with Crippen LogP contribution in [0.2, 0.25) is 0 Å². The highest BCUT2D eigenvalue weighted by molar-refractivity contribution is 5.76. The molecule has 0 saturated heterocycles. The SMILES string of the molecule is CCCC(N)CC(=O)NC1CCC(O)CC1. The van der Waals surface area contributed by atoms with Crippen LogP contribution in [0.25, 0.3) is 0 Å². The van der Waals surface area contributed by atoms with E-state index in [-0.39, 0.29) is 24.1 Å². The summed E-state index contributed by atoms with van der Waals surface area (Å²) >= 11 is 0. The Morgan fingerprint density at radius 1 is 1.44 bits per heavy atom. The minimum Gasteiger partial charge on any atom is -0.393 e. The zero-order chi connectivity index (χ0) is 12.0. The van der Waals surface area contributed by atoms with E-state index in [9.17, 15) is 9.90 Å². The molecule has 4 N–H and O–H groups in total. The van der Waals surface area contributed by atoms with Crippen LogP contribution in [0.5, 0.6) is 0 Å². The second kappa shape index (κ2) is 6.86. The third kappa shape index (κ3) is 4.94. The Kier molecular flexibility index (Phi) is 5.77. The zero-order valence-corrected chi connectivity index (χ0v) is 10.1. The first-order valence-electron chi connectivity index (χ1n) is 6.34. The van der Waals surface area contributed by atoms with Crippen molar-refractivity contribution in [2.45, 2.75) is 70.1 Å². The van der Waals surface area contributed by atoms with E-state index in [0.717, 1.165) is 38.5 Å². The van der Waals surface area contributed by atoms with Crippen molar-refractivity contribution >= 4 is 5.91 Å². The fourth-order valence-corrected chi connectivity index (χ4v) is 2.22. The van der Waals surface area contributed by atoms with Crippen LogP contribution in [-0.4, -0.2) is 29.2 Å². The van der Waals surface area contributed by atoms with Gasteiger partial charge in [-0.15, -0.1) is 0 Å². The standard InChI is InChI=1S/C12H24N2O2/c1-2-3-9(13)8-12(16)14-10-4-6-11(15)7-5-10/h9-11,15H,2-8,13H2,1H3,(H,14,16). The molecule has 4 heteroatoms. The third-order valence-electron chi connectivity index (χ3n) is 3.17. The van der Waals surface area contributed by atoms with Crippen LogP contribution in [0, 0.1) is 0 Å². The van der Waals surface area contributed by atoms with Crippen molar-refractivity contribution < 1.29 is 9.90 Å². The van der Waals surface area contributed by atoms with Crippen molar-refractivity contribution in [1.82, 2.24) is 5.32 Å². The highest BCUT2D eigenvalue weighted by Crippen LogP contribution is 2.18. The van der Waals surface area contributed by atoms with Crippen molar-refractivity contribution in [3.8, 4) is 0 Å². The van der Waals surface area contributed by atoms with E-state index < -0.39 is 0 Å². The molecule has 1 fully saturated rings. The first kappa shape index (κ1) is 13.5. The minimum absolute atomic E-state index is 0.0146. The summed E-state index contributed by atoms with van der Waals surface area (Å²) < 4.78 is 0. The summed E-state index contributed by atoms with van der Waals surface area (Å²) in [5.41, 5.74) is 5.81. The molecule has 0 spiro atoms. The molecule has 0 heterocycles. The summed E-state index contributed by atoms with van der Waals surface area (Å²) in [6, 6.07) is 0.226. The number of hydrogen-bond acceptors (Lipinski definition) is 3. The van der Waals surface area contributed by atoms with Crippen molar-refractivity contribution in [3.63, 3.8) is 0 Å². The number of nitrogens with two attached hydrogens (primary N) is 1. The van der Waals surface area contributed by atoms with E-state index in [0.29, 0.717) is 6.42 Å². The number of rotatable bonds is 5. The van der Waals surface area contributed by atoms with Crippen LogP contribution in [0.1, 0.15) is 51.9 Å². The molecule has 1 rings (SSSR count). The van der Waals surface area contributed by atoms with Crippen molar-refractivity contribution in [1.29, 1.82) is 0 Å². The number of carbonyl (C=O) groups is 1. The molecule has 0 aromatic rings. The summed E-state index contributed by atoms with van der Waals surface area (Å²) in [5, 5.41) is 12.3. The van der Waals surface area contributed by atoms with E-state index in [2.05, 4.69) is 12.2 Å². The monoisotopic (exact) mass is 228 g/mol. The largest absolute Gasteiger partial charge is 0.393 e. The second-order valence-corrected chi connectivity index (χ2v) is 4.83. The van der Waals surface area contributed by atoms with Gasteiger partial charge in [0, 0.05) is 18.5 Å². The lowest BCUT2D eigenvalue weighted by molar-refractivity contribution is -0.122. The Bertz CT molecular complexity index is 213. The van der Waals surface area contributed by atoms with Crippen molar-refractivity contribution in [3.05, 3.63) is 0 Å². The van der Waals surface area contributed by atoms with Crippen LogP contribution in [-0.2, 0) is 4.79 Å². The van der Waals surface area contributed by atoms with Gasteiger partial charge >= 0.3 is 0 Å². The Morgan fingerprint density at radius 2 is 2.06 bits per heavy atom. The third-order valence-corrected chi connectivity index (χ3v) is 3.17. The van der Waals surface area contributed by atoms with Gasteiger partial charge in [-0.3, -0.25) is 4.79 Å². The molecule has 1 aliphatic carbocycles. The topological polar surface area (TPSA) is 75.4 Å². The van der Waals surface area contributed by atoms with Gasteiger partial charge in [0.2, 0.25) is 5.91 Å². The van der Waals surface area contributed by atoms with E-state index >= 15 is 0 Å². The van der Waals surface area contributed by atoms with Crippen molar-refractivity contribution in [2.75, 3.05) is 0 Å². The van der Waals surface area contributed by atoms with E-state index in [1.54, 1.807) is 0 Å². The lowest BCUT2D eigenvalue weighted by atomic mass is 9.93. The lowest BCUT2D eigenvalue weighted by Crippen LogP contribution is -2.40. The predicted molar refractivity (Wildman–Crippen MR) is 63.9 cm³/mol. The number of hydrogen-bond donors (Lipinski definition) is 3.